The van der Waals surface area contributed by atoms with Gasteiger partial charge in [0.25, 0.3) is 5.56 Å². The monoisotopic (exact) mass is 427 g/mol. The quantitative estimate of drug-likeness (QED) is 0.460. The summed E-state index contributed by atoms with van der Waals surface area (Å²) in [6.45, 7) is 3.95. The van der Waals surface area contributed by atoms with Gasteiger partial charge < -0.3 is 10.1 Å². The molecule has 0 aliphatic carbocycles. The molecule has 6 nitrogen and oxygen atoms in total. The number of aryl methyl sites for hydroxylation is 1. The Morgan fingerprint density at radius 3 is 2.47 bits per heavy atom. The van der Waals surface area contributed by atoms with Crippen LogP contribution in [-0.4, -0.2) is 22.6 Å². The first-order chi connectivity index (χ1) is 15.4. The van der Waals surface area contributed by atoms with Crippen LogP contribution in [0, 0.1) is 6.92 Å². The lowest BCUT2D eigenvalue weighted by atomic mass is 10.00. The van der Waals surface area contributed by atoms with Crippen molar-refractivity contribution in [2.24, 2.45) is 7.05 Å². The lowest BCUT2D eigenvalue weighted by Crippen LogP contribution is -2.22. The molecule has 0 bridgehead atoms. The Morgan fingerprint density at radius 2 is 1.75 bits per heavy atom. The standard InChI is InChI=1S/C26H25N3O3/c1-16-14-20(17(2)27-22-13-9-8-12-19(22)26(31)32-4)23-21(15-16)25(30)29(3)24(28-23)18-10-6-5-7-11-18/h5-15,17,27H,1-4H3. The molecular formula is C26H25N3O3. The molecule has 0 radical (unpaired) electrons. The molecule has 1 unspecified atom stereocenters. The van der Waals surface area contributed by atoms with E-state index < -0.39 is 5.97 Å². The molecule has 4 aromatic rings. The van der Waals surface area contributed by atoms with Crippen LogP contribution in [0.15, 0.2) is 71.5 Å². The average Bonchev–Trinajstić information content (AvgIpc) is 2.81. The van der Waals surface area contributed by atoms with E-state index in [4.69, 9.17) is 9.72 Å². The zero-order valence-corrected chi connectivity index (χ0v) is 18.5. The van der Waals surface area contributed by atoms with Crippen LogP contribution in [-0.2, 0) is 11.8 Å². The van der Waals surface area contributed by atoms with Crippen LogP contribution in [0.4, 0.5) is 5.69 Å². The average molecular weight is 428 g/mol. The number of methoxy groups -OCH3 is 1. The van der Waals surface area contributed by atoms with Crippen molar-refractivity contribution in [3.63, 3.8) is 0 Å². The molecule has 0 aliphatic heterocycles. The largest absolute Gasteiger partial charge is 0.465 e. The molecule has 1 heterocycles. The molecule has 0 saturated carbocycles. The molecule has 0 aliphatic rings. The highest BCUT2D eigenvalue weighted by atomic mass is 16.5. The van der Waals surface area contributed by atoms with Crippen molar-refractivity contribution >= 4 is 22.6 Å². The Hall–Kier alpha value is -3.93. The summed E-state index contributed by atoms with van der Waals surface area (Å²) in [5, 5.41) is 3.97. The van der Waals surface area contributed by atoms with Crippen molar-refractivity contribution < 1.29 is 9.53 Å². The number of carbonyl (C=O) groups is 1. The van der Waals surface area contributed by atoms with E-state index >= 15 is 0 Å². The lowest BCUT2D eigenvalue weighted by molar-refractivity contribution is 0.0602. The first-order valence-electron chi connectivity index (χ1n) is 10.4. The molecule has 3 aromatic carbocycles. The molecule has 0 amide bonds. The van der Waals surface area contributed by atoms with Gasteiger partial charge in [0.15, 0.2) is 0 Å². The zero-order valence-electron chi connectivity index (χ0n) is 18.5. The summed E-state index contributed by atoms with van der Waals surface area (Å²) in [6, 6.07) is 20.6. The maximum absolute atomic E-state index is 13.2. The highest BCUT2D eigenvalue weighted by Crippen LogP contribution is 2.29. The van der Waals surface area contributed by atoms with Crippen molar-refractivity contribution in [3.05, 3.63) is 93.8 Å². The zero-order chi connectivity index (χ0) is 22.8. The summed E-state index contributed by atoms with van der Waals surface area (Å²) >= 11 is 0. The van der Waals surface area contributed by atoms with Crippen LogP contribution in [0.1, 0.15) is 34.5 Å². The molecule has 6 heteroatoms. The molecule has 0 spiro atoms. The number of ether oxygens (including phenoxy) is 1. The Kier molecular flexibility index (Phi) is 5.77. The third kappa shape index (κ3) is 3.87. The number of nitrogens with zero attached hydrogens (tertiary/aromatic N) is 2. The predicted octanol–water partition coefficient (Wildman–Crippen LogP) is 4.87. The molecule has 0 saturated heterocycles. The van der Waals surface area contributed by atoms with Crippen LogP contribution < -0.4 is 10.9 Å². The van der Waals surface area contributed by atoms with E-state index in [2.05, 4.69) is 5.32 Å². The summed E-state index contributed by atoms with van der Waals surface area (Å²) < 4.78 is 6.50. The second-order valence-electron chi connectivity index (χ2n) is 7.82. The Morgan fingerprint density at radius 1 is 1.06 bits per heavy atom. The molecule has 162 valence electrons. The van der Waals surface area contributed by atoms with Gasteiger partial charge in [-0.15, -0.1) is 0 Å². The van der Waals surface area contributed by atoms with E-state index in [1.54, 1.807) is 23.7 Å². The van der Waals surface area contributed by atoms with Crippen LogP contribution in [0.5, 0.6) is 0 Å². The van der Waals surface area contributed by atoms with E-state index in [1.165, 1.54) is 7.11 Å². The first kappa shape index (κ1) is 21.3. The Bertz CT molecular complexity index is 1360. The van der Waals surface area contributed by atoms with E-state index in [-0.39, 0.29) is 11.6 Å². The van der Waals surface area contributed by atoms with Crippen molar-refractivity contribution in [1.82, 2.24) is 9.55 Å². The predicted molar refractivity (Wildman–Crippen MR) is 127 cm³/mol. The number of para-hydroxylation sites is 1. The normalized spacial score (nSPS) is 11.9. The highest BCUT2D eigenvalue weighted by Gasteiger charge is 2.19. The molecule has 1 N–H and O–H groups in total. The van der Waals surface area contributed by atoms with E-state index in [0.717, 1.165) is 16.7 Å². The Balaban J connectivity index is 1.87. The van der Waals surface area contributed by atoms with Gasteiger partial charge in [-0.1, -0.05) is 48.5 Å². The number of nitrogens with one attached hydrogen (secondary N) is 1. The highest BCUT2D eigenvalue weighted by molar-refractivity contribution is 5.95. The summed E-state index contributed by atoms with van der Waals surface area (Å²) in [6.07, 6.45) is 0. The van der Waals surface area contributed by atoms with Crippen molar-refractivity contribution in [2.75, 3.05) is 12.4 Å². The van der Waals surface area contributed by atoms with Gasteiger partial charge in [-0.2, -0.15) is 0 Å². The molecular weight excluding hydrogens is 402 g/mol. The number of benzene rings is 3. The molecule has 32 heavy (non-hydrogen) atoms. The molecule has 0 fully saturated rings. The summed E-state index contributed by atoms with van der Waals surface area (Å²) in [7, 11) is 3.11. The minimum Gasteiger partial charge on any atom is -0.465 e. The van der Waals surface area contributed by atoms with Crippen molar-refractivity contribution in [3.8, 4) is 11.4 Å². The number of fused-ring (bicyclic) bond motifs is 1. The minimum atomic E-state index is -0.409. The van der Waals surface area contributed by atoms with Gasteiger partial charge >= 0.3 is 5.97 Å². The topological polar surface area (TPSA) is 73.2 Å². The fourth-order valence-electron chi connectivity index (χ4n) is 3.94. The maximum atomic E-state index is 13.2. The fraction of sp³-hybridized carbons (Fsp3) is 0.192. The SMILES string of the molecule is COC(=O)c1ccccc1NC(C)c1cc(C)cc2c(=O)n(C)c(-c3ccccc3)nc12. The van der Waals surface area contributed by atoms with Crippen LogP contribution in [0.3, 0.4) is 0 Å². The summed E-state index contributed by atoms with van der Waals surface area (Å²) in [4.78, 5) is 30.3. The van der Waals surface area contributed by atoms with E-state index in [9.17, 15) is 9.59 Å². The van der Waals surface area contributed by atoms with Gasteiger partial charge in [0.1, 0.15) is 5.82 Å². The summed E-state index contributed by atoms with van der Waals surface area (Å²) in [5.74, 6) is 0.197. The number of carbonyl (C=O) groups excluding carboxylic acids is 1. The van der Waals surface area contributed by atoms with Crippen molar-refractivity contribution in [2.45, 2.75) is 19.9 Å². The Labute approximate surface area is 186 Å². The van der Waals surface area contributed by atoms with E-state index in [1.807, 2.05) is 68.4 Å². The number of aromatic nitrogens is 2. The third-order valence-electron chi connectivity index (χ3n) is 5.56. The van der Waals surface area contributed by atoms with Gasteiger partial charge in [-0.05, 0) is 37.6 Å². The summed E-state index contributed by atoms with van der Waals surface area (Å²) in [5.41, 5.74) is 4.39. The molecule has 4 rings (SSSR count). The number of anilines is 1. The van der Waals surface area contributed by atoms with Gasteiger partial charge in [0, 0.05) is 23.9 Å². The number of esters is 1. The van der Waals surface area contributed by atoms with E-state index in [0.29, 0.717) is 28.0 Å². The smallest absolute Gasteiger partial charge is 0.339 e. The minimum absolute atomic E-state index is 0.0963. The van der Waals surface area contributed by atoms with Crippen LogP contribution >= 0.6 is 0 Å². The fourth-order valence-corrected chi connectivity index (χ4v) is 3.94. The third-order valence-corrected chi connectivity index (χ3v) is 5.56. The second kappa shape index (κ2) is 8.67. The lowest BCUT2D eigenvalue weighted by Gasteiger charge is -2.20. The maximum Gasteiger partial charge on any atom is 0.339 e. The number of hydrogen-bond acceptors (Lipinski definition) is 5. The van der Waals surface area contributed by atoms with Gasteiger partial charge in [0.2, 0.25) is 0 Å². The first-order valence-corrected chi connectivity index (χ1v) is 10.4. The van der Waals surface area contributed by atoms with Gasteiger partial charge in [-0.3, -0.25) is 9.36 Å². The van der Waals surface area contributed by atoms with Gasteiger partial charge in [-0.25, -0.2) is 9.78 Å². The molecule has 1 aromatic heterocycles. The number of hydrogen-bond donors (Lipinski definition) is 1. The van der Waals surface area contributed by atoms with Crippen LogP contribution in [0.25, 0.3) is 22.3 Å². The number of rotatable bonds is 5. The van der Waals surface area contributed by atoms with Crippen LogP contribution in [0.2, 0.25) is 0 Å². The molecule has 1 atom stereocenters. The van der Waals surface area contributed by atoms with Crippen molar-refractivity contribution in [1.29, 1.82) is 0 Å². The second-order valence-corrected chi connectivity index (χ2v) is 7.82. The van der Waals surface area contributed by atoms with Gasteiger partial charge in [0.05, 0.1) is 29.6 Å².